The predicted octanol–water partition coefficient (Wildman–Crippen LogP) is 2.20. The second-order valence-corrected chi connectivity index (χ2v) is 4.73. The van der Waals surface area contributed by atoms with Crippen molar-refractivity contribution in [3.05, 3.63) is 42.0 Å². The fraction of sp³-hybridized carbons (Fsp3) is 0.353. The number of hydrogen-bond acceptors (Lipinski definition) is 4. The topological polar surface area (TPSA) is 63.7 Å². The van der Waals surface area contributed by atoms with Crippen LogP contribution < -0.4 is 0 Å². The van der Waals surface area contributed by atoms with Crippen LogP contribution in [0.4, 0.5) is 0 Å². The van der Waals surface area contributed by atoms with Crippen LogP contribution in [0.5, 0.6) is 0 Å². The number of nitrogens with zero attached hydrogens (tertiary/aromatic N) is 1. The summed E-state index contributed by atoms with van der Waals surface area (Å²) in [6, 6.07) is 7.63. The highest BCUT2D eigenvalue weighted by Crippen LogP contribution is 2.13. The molecular formula is C17H21NO4. The van der Waals surface area contributed by atoms with Gasteiger partial charge in [-0.2, -0.15) is 0 Å². The molecule has 0 aliphatic heterocycles. The first-order valence-electron chi connectivity index (χ1n) is 7.15. The van der Waals surface area contributed by atoms with E-state index in [4.69, 9.17) is 4.74 Å². The lowest BCUT2D eigenvalue weighted by molar-refractivity contribution is -0.150. The van der Waals surface area contributed by atoms with Crippen LogP contribution in [0.25, 0.3) is 6.08 Å². The molecule has 0 heterocycles. The summed E-state index contributed by atoms with van der Waals surface area (Å²) in [6.07, 6.45) is 2.02. The molecule has 0 N–H and O–H groups in total. The van der Waals surface area contributed by atoms with Crippen molar-refractivity contribution < 1.29 is 19.1 Å². The van der Waals surface area contributed by atoms with Crippen LogP contribution in [0.1, 0.15) is 30.9 Å². The number of hydrogen-bond donors (Lipinski definition) is 0. The number of carbonyl (C=O) groups excluding carboxylic acids is 3. The monoisotopic (exact) mass is 303 g/mol. The van der Waals surface area contributed by atoms with Gasteiger partial charge in [-0.15, -0.1) is 0 Å². The smallest absolute Gasteiger partial charge is 0.315 e. The third kappa shape index (κ3) is 5.16. The molecule has 0 unspecified atom stereocenters. The largest absolute Gasteiger partial charge is 0.466 e. The van der Waals surface area contributed by atoms with E-state index in [1.165, 1.54) is 7.05 Å². The van der Waals surface area contributed by atoms with Crippen LogP contribution in [0.3, 0.4) is 0 Å². The summed E-state index contributed by atoms with van der Waals surface area (Å²) in [7, 11) is 1.38. The normalized spacial score (nSPS) is 9.91. The number of aryl methyl sites for hydroxylation is 1. The average Bonchev–Trinajstić information content (AvgIpc) is 2.52. The summed E-state index contributed by atoms with van der Waals surface area (Å²) >= 11 is 0. The van der Waals surface area contributed by atoms with E-state index in [1.807, 2.05) is 24.3 Å². The minimum atomic E-state index is -0.621. The highest BCUT2D eigenvalue weighted by atomic mass is 16.5. The standard InChI is InChI=1S/C17H21NO4/c1-4-13-8-6-7-9-14(13)10-11-15(19)18(3)16(20)12-17(21)22-5-2/h4,6-9H,1,5,10-12H2,2-3H3. The highest BCUT2D eigenvalue weighted by molar-refractivity contribution is 6.02. The molecule has 0 aliphatic carbocycles. The number of benzene rings is 1. The fourth-order valence-corrected chi connectivity index (χ4v) is 1.96. The molecule has 1 aromatic rings. The van der Waals surface area contributed by atoms with Crippen LogP contribution in [0, 0.1) is 0 Å². The maximum atomic E-state index is 12.0. The minimum Gasteiger partial charge on any atom is -0.466 e. The number of rotatable bonds is 7. The SMILES string of the molecule is C=Cc1ccccc1CCC(=O)N(C)C(=O)CC(=O)OCC. The van der Waals surface area contributed by atoms with E-state index in [9.17, 15) is 14.4 Å². The zero-order chi connectivity index (χ0) is 16.5. The molecule has 2 amide bonds. The molecule has 0 saturated heterocycles. The summed E-state index contributed by atoms with van der Waals surface area (Å²) in [4.78, 5) is 36.0. The quantitative estimate of drug-likeness (QED) is 0.572. The summed E-state index contributed by atoms with van der Waals surface area (Å²) in [6.45, 7) is 5.60. The van der Waals surface area contributed by atoms with Crippen LogP contribution in [0.2, 0.25) is 0 Å². The second kappa shape index (κ2) is 8.77. The Labute approximate surface area is 130 Å². The van der Waals surface area contributed by atoms with Crippen molar-refractivity contribution in [2.75, 3.05) is 13.7 Å². The van der Waals surface area contributed by atoms with Crippen molar-refractivity contribution in [1.29, 1.82) is 0 Å². The van der Waals surface area contributed by atoms with Gasteiger partial charge in [0.2, 0.25) is 11.8 Å². The molecule has 0 spiro atoms. The highest BCUT2D eigenvalue weighted by Gasteiger charge is 2.20. The third-order valence-corrected chi connectivity index (χ3v) is 3.23. The zero-order valence-electron chi connectivity index (χ0n) is 13.0. The summed E-state index contributed by atoms with van der Waals surface area (Å²) in [5, 5.41) is 0. The van der Waals surface area contributed by atoms with Gasteiger partial charge in [0.1, 0.15) is 6.42 Å². The van der Waals surface area contributed by atoms with E-state index >= 15 is 0 Å². The maximum absolute atomic E-state index is 12.0. The van der Waals surface area contributed by atoms with Gasteiger partial charge < -0.3 is 4.74 Å². The average molecular weight is 303 g/mol. The Morgan fingerprint density at radius 1 is 1.23 bits per heavy atom. The molecule has 0 atom stereocenters. The molecule has 0 radical (unpaired) electrons. The number of carbonyl (C=O) groups is 3. The predicted molar refractivity (Wildman–Crippen MR) is 83.9 cm³/mol. The Balaban J connectivity index is 2.55. The van der Waals surface area contributed by atoms with E-state index in [0.29, 0.717) is 6.42 Å². The number of amides is 2. The van der Waals surface area contributed by atoms with E-state index in [-0.39, 0.29) is 18.9 Å². The minimum absolute atomic E-state index is 0.190. The van der Waals surface area contributed by atoms with Gasteiger partial charge in [0, 0.05) is 13.5 Å². The molecule has 5 heteroatoms. The molecule has 1 rings (SSSR count). The summed E-state index contributed by atoms with van der Waals surface area (Å²) in [5.74, 6) is -1.50. The number of esters is 1. The Kier molecular flexibility index (Phi) is 7.02. The van der Waals surface area contributed by atoms with Crippen LogP contribution in [-0.4, -0.2) is 36.3 Å². The maximum Gasteiger partial charge on any atom is 0.315 e. The van der Waals surface area contributed by atoms with Gasteiger partial charge in [-0.25, -0.2) is 0 Å². The van der Waals surface area contributed by atoms with E-state index < -0.39 is 18.3 Å². The van der Waals surface area contributed by atoms with Crippen molar-refractivity contribution in [3.63, 3.8) is 0 Å². The van der Waals surface area contributed by atoms with E-state index in [0.717, 1.165) is 16.0 Å². The Morgan fingerprint density at radius 3 is 2.55 bits per heavy atom. The lowest BCUT2D eigenvalue weighted by Crippen LogP contribution is -2.34. The number of ether oxygens (including phenoxy) is 1. The second-order valence-electron chi connectivity index (χ2n) is 4.73. The summed E-state index contributed by atoms with van der Waals surface area (Å²) < 4.78 is 4.69. The van der Waals surface area contributed by atoms with Crippen molar-refractivity contribution in [2.45, 2.75) is 26.2 Å². The Hall–Kier alpha value is -2.43. The Bertz CT molecular complexity index is 566. The van der Waals surface area contributed by atoms with Crippen molar-refractivity contribution in [1.82, 2.24) is 4.90 Å². The van der Waals surface area contributed by atoms with Crippen LogP contribution in [0.15, 0.2) is 30.8 Å². The van der Waals surface area contributed by atoms with Crippen molar-refractivity contribution in [3.8, 4) is 0 Å². The van der Waals surface area contributed by atoms with Gasteiger partial charge in [0.25, 0.3) is 0 Å². The fourth-order valence-electron chi connectivity index (χ4n) is 1.96. The zero-order valence-corrected chi connectivity index (χ0v) is 13.0. The summed E-state index contributed by atoms with van der Waals surface area (Å²) in [5.41, 5.74) is 1.97. The lowest BCUT2D eigenvalue weighted by Gasteiger charge is -2.15. The molecule has 0 bridgehead atoms. The first kappa shape index (κ1) is 17.6. The molecule has 22 heavy (non-hydrogen) atoms. The van der Waals surface area contributed by atoms with Gasteiger partial charge in [0.05, 0.1) is 6.61 Å². The molecule has 1 aromatic carbocycles. The molecule has 118 valence electrons. The van der Waals surface area contributed by atoms with Gasteiger partial charge in [-0.1, -0.05) is 36.9 Å². The van der Waals surface area contributed by atoms with Gasteiger partial charge in [0.15, 0.2) is 0 Å². The van der Waals surface area contributed by atoms with E-state index in [1.54, 1.807) is 13.0 Å². The van der Waals surface area contributed by atoms with Gasteiger partial charge in [-0.3, -0.25) is 19.3 Å². The van der Waals surface area contributed by atoms with Crippen LogP contribution in [-0.2, 0) is 25.5 Å². The van der Waals surface area contributed by atoms with Gasteiger partial charge in [-0.05, 0) is 24.5 Å². The molecule has 0 fully saturated rings. The van der Waals surface area contributed by atoms with Crippen molar-refractivity contribution >= 4 is 23.9 Å². The first-order valence-corrected chi connectivity index (χ1v) is 7.15. The van der Waals surface area contributed by atoms with E-state index in [2.05, 4.69) is 6.58 Å². The number of imide groups is 1. The third-order valence-electron chi connectivity index (χ3n) is 3.23. The Morgan fingerprint density at radius 2 is 1.91 bits per heavy atom. The first-order chi connectivity index (χ1) is 10.5. The molecule has 0 aliphatic rings. The molecule has 0 saturated carbocycles. The van der Waals surface area contributed by atoms with Crippen molar-refractivity contribution in [2.24, 2.45) is 0 Å². The van der Waals surface area contributed by atoms with Crippen LogP contribution >= 0.6 is 0 Å². The lowest BCUT2D eigenvalue weighted by atomic mass is 10.0. The van der Waals surface area contributed by atoms with Gasteiger partial charge >= 0.3 is 5.97 Å². The molecular weight excluding hydrogens is 282 g/mol. The molecule has 0 aromatic heterocycles. The molecule has 5 nitrogen and oxygen atoms in total.